The average molecular weight is 246 g/mol. The number of rotatable bonds is 2. The molecule has 1 aromatic carbocycles. The first kappa shape index (κ1) is 11.7. The highest BCUT2D eigenvalue weighted by atomic mass is 19.1. The van der Waals surface area contributed by atoms with Gasteiger partial charge in [0.1, 0.15) is 5.82 Å². The molecular formula is C15H19FN2. The zero-order valence-electron chi connectivity index (χ0n) is 10.8. The van der Waals surface area contributed by atoms with Crippen LogP contribution in [-0.4, -0.2) is 29.6 Å². The van der Waals surface area contributed by atoms with E-state index in [2.05, 4.69) is 22.7 Å². The molecule has 3 heteroatoms. The average Bonchev–Trinajstić information content (AvgIpc) is 2.72. The Hall–Kier alpha value is -1.35. The van der Waals surface area contributed by atoms with E-state index in [0.29, 0.717) is 5.92 Å². The number of nitrogens with zero attached hydrogens (tertiary/aromatic N) is 2. The van der Waals surface area contributed by atoms with Crippen molar-refractivity contribution in [2.75, 3.05) is 20.1 Å². The minimum absolute atomic E-state index is 0.155. The van der Waals surface area contributed by atoms with Gasteiger partial charge in [0.15, 0.2) is 0 Å². The molecule has 0 amide bonds. The van der Waals surface area contributed by atoms with Crippen LogP contribution < -0.4 is 0 Å². The van der Waals surface area contributed by atoms with Gasteiger partial charge in [0.2, 0.25) is 0 Å². The van der Waals surface area contributed by atoms with Gasteiger partial charge in [-0.1, -0.05) is 0 Å². The van der Waals surface area contributed by atoms with E-state index in [1.165, 1.54) is 25.9 Å². The number of benzene rings is 1. The van der Waals surface area contributed by atoms with Crippen molar-refractivity contribution < 1.29 is 4.39 Å². The first-order chi connectivity index (χ1) is 8.72. The van der Waals surface area contributed by atoms with Crippen LogP contribution in [0.5, 0.6) is 0 Å². The highest BCUT2D eigenvalue weighted by Gasteiger charge is 2.17. The van der Waals surface area contributed by atoms with Crippen LogP contribution in [0, 0.1) is 11.7 Å². The Bertz CT molecular complexity index is 546. The van der Waals surface area contributed by atoms with Crippen LogP contribution in [-0.2, 0) is 6.54 Å². The van der Waals surface area contributed by atoms with Gasteiger partial charge in [-0.15, -0.1) is 0 Å². The highest BCUT2D eigenvalue weighted by Crippen LogP contribution is 2.22. The van der Waals surface area contributed by atoms with E-state index in [-0.39, 0.29) is 5.82 Å². The fourth-order valence-electron chi connectivity index (χ4n) is 3.03. The molecule has 1 saturated heterocycles. The molecule has 2 aromatic rings. The molecule has 2 heterocycles. The van der Waals surface area contributed by atoms with Crippen molar-refractivity contribution >= 4 is 10.9 Å². The van der Waals surface area contributed by atoms with Gasteiger partial charge in [-0.2, -0.15) is 0 Å². The third kappa shape index (κ3) is 2.27. The van der Waals surface area contributed by atoms with E-state index in [4.69, 9.17) is 0 Å². The van der Waals surface area contributed by atoms with E-state index < -0.39 is 0 Å². The number of hydrogen-bond donors (Lipinski definition) is 0. The van der Waals surface area contributed by atoms with E-state index in [9.17, 15) is 4.39 Å². The summed E-state index contributed by atoms with van der Waals surface area (Å²) in [7, 11) is 2.19. The van der Waals surface area contributed by atoms with Gasteiger partial charge < -0.3 is 9.47 Å². The van der Waals surface area contributed by atoms with Crippen molar-refractivity contribution in [3.05, 3.63) is 36.3 Å². The van der Waals surface area contributed by atoms with Crippen LogP contribution in [0.4, 0.5) is 4.39 Å². The largest absolute Gasteiger partial charge is 0.347 e. The third-order valence-electron chi connectivity index (χ3n) is 3.91. The summed E-state index contributed by atoms with van der Waals surface area (Å²) in [6.45, 7) is 3.43. The third-order valence-corrected chi connectivity index (χ3v) is 3.91. The molecule has 0 spiro atoms. The molecule has 0 unspecified atom stereocenters. The van der Waals surface area contributed by atoms with Crippen molar-refractivity contribution in [1.82, 2.24) is 9.47 Å². The SMILES string of the molecule is CN1CCC[C@H](Cn2ccc3cc(F)ccc32)C1. The number of aromatic nitrogens is 1. The molecule has 0 N–H and O–H groups in total. The normalized spacial score (nSPS) is 21.6. The maximum absolute atomic E-state index is 13.1. The molecule has 1 aliphatic rings. The minimum atomic E-state index is -0.155. The molecule has 96 valence electrons. The maximum atomic E-state index is 13.1. The maximum Gasteiger partial charge on any atom is 0.123 e. The molecule has 0 saturated carbocycles. The fourth-order valence-corrected chi connectivity index (χ4v) is 3.03. The van der Waals surface area contributed by atoms with E-state index in [1.807, 2.05) is 12.1 Å². The Morgan fingerprint density at radius 1 is 1.33 bits per heavy atom. The number of piperidine rings is 1. The van der Waals surface area contributed by atoms with Crippen LogP contribution in [0.2, 0.25) is 0 Å². The summed E-state index contributed by atoms with van der Waals surface area (Å²) >= 11 is 0. The van der Waals surface area contributed by atoms with Crippen LogP contribution in [0.1, 0.15) is 12.8 Å². The standard InChI is InChI=1S/C15H19FN2/c1-17-7-2-3-12(10-17)11-18-8-6-13-9-14(16)4-5-15(13)18/h4-6,8-9,12H,2-3,7,10-11H2,1H3/t12-/m0/s1. The van der Waals surface area contributed by atoms with Gasteiger partial charge in [-0.3, -0.25) is 0 Å². The predicted octanol–water partition coefficient (Wildman–Crippen LogP) is 3.12. The summed E-state index contributed by atoms with van der Waals surface area (Å²) < 4.78 is 15.4. The van der Waals surface area contributed by atoms with Crippen molar-refractivity contribution in [3.63, 3.8) is 0 Å². The number of fused-ring (bicyclic) bond motifs is 1. The smallest absolute Gasteiger partial charge is 0.123 e. The van der Waals surface area contributed by atoms with Gasteiger partial charge in [0.25, 0.3) is 0 Å². The summed E-state index contributed by atoms with van der Waals surface area (Å²) in [5.41, 5.74) is 1.14. The Balaban J connectivity index is 1.82. The molecule has 1 aliphatic heterocycles. The van der Waals surface area contributed by atoms with Gasteiger partial charge in [-0.05, 0) is 56.6 Å². The van der Waals surface area contributed by atoms with Crippen LogP contribution in [0.15, 0.2) is 30.5 Å². The van der Waals surface area contributed by atoms with Crippen molar-refractivity contribution in [1.29, 1.82) is 0 Å². The monoisotopic (exact) mass is 246 g/mol. The van der Waals surface area contributed by atoms with E-state index in [0.717, 1.165) is 17.4 Å². The Kier molecular flexibility index (Phi) is 3.08. The Morgan fingerprint density at radius 2 is 2.22 bits per heavy atom. The number of hydrogen-bond acceptors (Lipinski definition) is 1. The summed E-state index contributed by atoms with van der Waals surface area (Å²) in [5, 5.41) is 0.999. The predicted molar refractivity (Wildman–Crippen MR) is 72.1 cm³/mol. The van der Waals surface area contributed by atoms with Crippen molar-refractivity contribution in [2.45, 2.75) is 19.4 Å². The van der Waals surface area contributed by atoms with E-state index in [1.54, 1.807) is 12.1 Å². The summed E-state index contributed by atoms with van der Waals surface area (Å²) in [5.74, 6) is 0.557. The van der Waals surface area contributed by atoms with Crippen LogP contribution in [0.3, 0.4) is 0 Å². The molecule has 1 aromatic heterocycles. The summed E-state index contributed by atoms with van der Waals surface area (Å²) in [4.78, 5) is 2.40. The fraction of sp³-hybridized carbons (Fsp3) is 0.467. The lowest BCUT2D eigenvalue weighted by molar-refractivity contribution is 0.196. The number of halogens is 1. The van der Waals surface area contributed by atoms with Gasteiger partial charge in [-0.25, -0.2) is 4.39 Å². The summed E-state index contributed by atoms with van der Waals surface area (Å²) in [6, 6.07) is 7.05. The first-order valence-corrected chi connectivity index (χ1v) is 6.65. The molecule has 0 aliphatic carbocycles. The molecular weight excluding hydrogens is 227 g/mol. The van der Waals surface area contributed by atoms with Gasteiger partial charge in [0, 0.05) is 30.2 Å². The molecule has 0 radical (unpaired) electrons. The molecule has 2 nitrogen and oxygen atoms in total. The lowest BCUT2D eigenvalue weighted by atomic mass is 9.98. The van der Waals surface area contributed by atoms with Crippen LogP contribution in [0.25, 0.3) is 10.9 Å². The summed E-state index contributed by atoms with van der Waals surface area (Å²) in [6.07, 6.45) is 4.67. The molecule has 18 heavy (non-hydrogen) atoms. The van der Waals surface area contributed by atoms with E-state index >= 15 is 0 Å². The topological polar surface area (TPSA) is 8.17 Å². The Morgan fingerprint density at radius 3 is 3.06 bits per heavy atom. The van der Waals surface area contributed by atoms with Crippen molar-refractivity contribution in [3.8, 4) is 0 Å². The van der Waals surface area contributed by atoms with Crippen molar-refractivity contribution in [2.24, 2.45) is 5.92 Å². The zero-order valence-corrected chi connectivity index (χ0v) is 10.8. The highest BCUT2D eigenvalue weighted by molar-refractivity contribution is 5.80. The lowest BCUT2D eigenvalue weighted by Gasteiger charge is -2.30. The molecule has 3 rings (SSSR count). The van der Waals surface area contributed by atoms with Crippen LogP contribution >= 0.6 is 0 Å². The van der Waals surface area contributed by atoms with Gasteiger partial charge >= 0.3 is 0 Å². The second-order valence-corrected chi connectivity index (χ2v) is 5.44. The lowest BCUT2D eigenvalue weighted by Crippen LogP contribution is -2.33. The minimum Gasteiger partial charge on any atom is -0.347 e. The van der Waals surface area contributed by atoms with Gasteiger partial charge in [0.05, 0.1) is 0 Å². The molecule has 1 atom stereocenters. The quantitative estimate of drug-likeness (QED) is 0.790. The second kappa shape index (κ2) is 4.73. The zero-order chi connectivity index (χ0) is 12.5. The molecule has 0 bridgehead atoms. The molecule has 1 fully saturated rings. The Labute approximate surface area is 107 Å². The first-order valence-electron chi connectivity index (χ1n) is 6.65. The second-order valence-electron chi connectivity index (χ2n) is 5.44. The number of likely N-dealkylation sites (tertiary alicyclic amines) is 1.